The zero-order valence-electron chi connectivity index (χ0n) is 19.1. The number of likely N-dealkylation sites (tertiary alicyclic amines) is 1. The SMILES string of the molecule is CCCCCC(=O)Nc1ccc(N2CCC(C)CC2)c(C(=O)N2CCC(C)CC2)c1. The highest BCUT2D eigenvalue weighted by molar-refractivity contribution is 6.02. The molecule has 30 heavy (non-hydrogen) atoms. The Labute approximate surface area is 182 Å². The van der Waals surface area contributed by atoms with Crippen LogP contribution >= 0.6 is 0 Å². The first-order chi connectivity index (χ1) is 14.5. The molecule has 0 bridgehead atoms. The number of amides is 2. The molecular weight excluding hydrogens is 374 g/mol. The number of hydrogen-bond acceptors (Lipinski definition) is 3. The van der Waals surface area contributed by atoms with Gasteiger partial charge in [-0.15, -0.1) is 0 Å². The van der Waals surface area contributed by atoms with Crippen molar-refractivity contribution in [3.63, 3.8) is 0 Å². The van der Waals surface area contributed by atoms with Crippen molar-refractivity contribution in [1.29, 1.82) is 0 Å². The van der Waals surface area contributed by atoms with Crippen molar-refractivity contribution >= 4 is 23.2 Å². The van der Waals surface area contributed by atoms with Gasteiger partial charge in [0.2, 0.25) is 5.91 Å². The Balaban J connectivity index is 1.79. The van der Waals surface area contributed by atoms with Gasteiger partial charge in [-0.05, 0) is 62.1 Å². The van der Waals surface area contributed by atoms with E-state index in [1.165, 1.54) is 0 Å². The highest BCUT2D eigenvalue weighted by Gasteiger charge is 2.26. The summed E-state index contributed by atoms with van der Waals surface area (Å²) in [6.45, 7) is 10.3. The minimum absolute atomic E-state index is 0.0354. The quantitative estimate of drug-likeness (QED) is 0.616. The van der Waals surface area contributed by atoms with E-state index in [2.05, 4.69) is 31.0 Å². The minimum Gasteiger partial charge on any atom is -0.371 e. The molecule has 5 nitrogen and oxygen atoms in total. The van der Waals surface area contributed by atoms with Gasteiger partial charge in [0, 0.05) is 44.0 Å². The second-order valence-corrected chi connectivity index (χ2v) is 9.38. The molecule has 2 heterocycles. The Morgan fingerprint density at radius 3 is 2.23 bits per heavy atom. The van der Waals surface area contributed by atoms with Crippen molar-refractivity contribution < 1.29 is 9.59 Å². The van der Waals surface area contributed by atoms with Crippen LogP contribution in [0.4, 0.5) is 11.4 Å². The summed E-state index contributed by atoms with van der Waals surface area (Å²) in [7, 11) is 0. The van der Waals surface area contributed by atoms with Gasteiger partial charge >= 0.3 is 0 Å². The molecule has 3 rings (SSSR count). The lowest BCUT2D eigenvalue weighted by atomic mass is 9.96. The molecule has 0 radical (unpaired) electrons. The first-order valence-electron chi connectivity index (χ1n) is 12.0. The maximum absolute atomic E-state index is 13.5. The Bertz CT molecular complexity index is 717. The Kier molecular flexibility index (Phi) is 8.17. The van der Waals surface area contributed by atoms with Crippen LogP contribution in [0, 0.1) is 11.8 Å². The van der Waals surface area contributed by atoms with Gasteiger partial charge in [-0.25, -0.2) is 0 Å². The summed E-state index contributed by atoms with van der Waals surface area (Å²) in [5, 5.41) is 3.02. The standard InChI is InChI=1S/C25H39N3O2/c1-4-5-6-7-24(29)26-21-8-9-23(27-14-10-19(2)11-15-27)22(18-21)25(30)28-16-12-20(3)13-17-28/h8-9,18-20H,4-7,10-17H2,1-3H3,(H,26,29). The van der Waals surface area contributed by atoms with Crippen molar-refractivity contribution in [3.05, 3.63) is 23.8 Å². The van der Waals surface area contributed by atoms with Crippen LogP contribution in [0.1, 0.15) is 82.5 Å². The normalized spacial score (nSPS) is 18.5. The molecule has 0 saturated carbocycles. The number of unbranched alkanes of at least 4 members (excludes halogenated alkanes) is 2. The average molecular weight is 414 g/mol. The molecule has 0 aromatic heterocycles. The lowest BCUT2D eigenvalue weighted by Gasteiger charge is -2.35. The number of nitrogens with one attached hydrogen (secondary N) is 1. The molecule has 2 fully saturated rings. The Morgan fingerprint density at radius 2 is 1.60 bits per heavy atom. The maximum atomic E-state index is 13.5. The van der Waals surface area contributed by atoms with Crippen molar-refractivity contribution in [2.24, 2.45) is 11.8 Å². The molecular formula is C25H39N3O2. The molecule has 166 valence electrons. The third kappa shape index (κ3) is 5.99. The van der Waals surface area contributed by atoms with Crippen LogP contribution in [0.5, 0.6) is 0 Å². The third-order valence-corrected chi connectivity index (χ3v) is 6.71. The number of nitrogens with zero attached hydrogens (tertiary/aromatic N) is 2. The number of piperidine rings is 2. The summed E-state index contributed by atoms with van der Waals surface area (Å²) >= 11 is 0. The van der Waals surface area contributed by atoms with Gasteiger partial charge in [-0.1, -0.05) is 33.6 Å². The average Bonchev–Trinajstić information content (AvgIpc) is 2.75. The van der Waals surface area contributed by atoms with Gasteiger partial charge in [0.1, 0.15) is 0 Å². The highest BCUT2D eigenvalue weighted by atomic mass is 16.2. The zero-order valence-corrected chi connectivity index (χ0v) is 19.1. The molecule has 0 unspecified atom stereocenters. The largest absolute Gasteiger partial charge is 0.371 e. The molecule has 1 aromatic carbocycles. The van der Waals surface area contributed by atoms with E-state index < -0.39 is 0 Å². The predicted molar refractivity (Wildman–Crippen MR) is 124 cm³/mol. The highest BCUT2D eigenvalue weighted by Crippen LogP contribution is 2.31. The van der Waals surface area contributed by atoms with E-state index in [1.54, 1.807) is 0 Å². The molecule has 1 N–H and O–H groups in total. The van der Waals surface area contributed by atoms with Crippen molar-refractivity contribution in [2.75, 3.05) is 36.4 Å². The molecule has 5 heteroatoms. The molecule has 2 aliphatic rings. The van der Waals surface area contributed by atoms with Crippen LogP contribution in [-0.2, 0) is 4.79 Å². The molecule has 0 aliphatic carbocycles. The van der Waals surface area contributed by atoms with E-state index in [9.17, 15) is 9.59 Å². The van der Waals surface area contributed by atoms with Gasteiger partial charge < -0.3 is 15.1 Å². The molecule has 0 atom stereocenters. The van der Waals surface area contributed by atoms with Crippen LogP contribution in [0.2, 0.25) is 0 Å². The second-order valence-electron chi connectivity index (χ2n) is 9.38. The van der Waals surface area contributed by atoms with Crippen molar-refractivity contribution in [2.45, 2.75) is 72.1 Å². The molecule has 2 saturated heterocycles. The summed E-state index contributed by atoms with van der Waals surface area (Å²) in [5.74, 6) is 1.57. The number of hydrogen-bond donors (Lipinski definition) is 1. The maximum Gasteiger partial charge on any atom is 0.256 e. The fourth-order valence-electron chi connectivity index (χ4n) is 4.45. The Morgan fingerprint density at radius 1 is 0.967 bits per heavy atom. The monoisotopic (exact) mass is 413 g/mol. The molecule has 1 aromatic rings. The lowest BCUT2D eigenvalue weighted by Crippen LogP contribution is -2.40. The van der Waals surface area contributed by atoms with Gasteiger partial charge in [0.25, 0.3) is 5.91 Å². The van der Waals surface area contributed by atoms with Crippen LogP contribution in [0.25, 0.3) is 0 Å². The predicted octanol–water partition coefficient (Wildman–Crippen LogP) is 5.31. The zero-order chi connectivity index (χ0) is 21.5. The van der Waals surface area contributed by atoms with Crippen molar-refractivity contribution in [1.82, 2.24) is 4.90 Å². The first-order valence-corrected chi connectivity index (χ1v) is 12.0. The fourth-order valence-corrected chi connectivity index (χ4v) is 4.45. The van der Waals surface area contributed by atoms with Gasteiger partial charge in [0.05, 0.1) is 5.56 Å². The van der Waals surface area contributed by atoms with Crippen LogP contribution in [0.15, 0.2) is 18.2 Å². The first kappa shape index (κ1) is 22.6. The van der Waals surface area contributed by atoms with Crippen LogP contribution < -0.4 is 10.2 Å². The minimum atomic E-state index is 0.0354. The van der Waals surface area contributed by atoms with Gasteiger partial charge in [-0.3, -0.25) is 9.59 Å². The van der Waals surface area contributed by atoms with Gasteiger partial charge in [-0.2, -0.15) is 0 Å². The molecule has 2 aliphatic heterocycles. The summed E-state index contributed by atoms with van der Waals surface area (Å²) in [6.07, 6.45) is 8.05. The van der Waals surface area contributed by atoms with E-state index in [-0.39, 0.29) is 11.8 Å². The smallest absolute Gasteiger partial charge is 0.256 e. The topological polar surface area (TPSA) is 52.7 Å². The molecule has 2 amide bonds. The number of rotatable bonds is 7. The fraction of sp³-hybridized carbons (Fsp3) is 0.680. The molecule has 0 spiro atoms. The van der Waals surface area contributed by atoms with E-state index in [0.717, 1.165) is 94.0 Å². The summed E-state index contributed by atoms with van der Waals surface area (Å²) in [5.41, 5.74) is 2.50. The third-order valence-electron chi connectivity index (χ3n) is 6.71. The van der Waals surface area contributed by atoms with E-state index in [1.807, 2.05) is 23.1 Å². The Hall–Kier alpha value is -2.04. The van der Waals surface area contributed by atoms with Gasteiger partial charge in [0.15, 0.2) is 0 Å². The number of carbonyl (C=O) groups is 2. The van der Waals surface area contributed by atoms with Crippen LogP contribution in [-0.4, -0.2) is 42.9 Å². The number of anilines is 2. The summed E-state index contributed by atoms with van der Waals surface area (Å²) < 4.78 is 0. The van der Waals surface area contributed by atoms with Crippen molar-refractivity contribution in [3.8, 4) is 0 Å². The van der Waals surface area contributed by atoms with E-state index in [0.29, 0.717) is 12.3 Å². The number of carbonyl (C=O) groups excluding carboxylic acids is 2. The van der Waals surface area contributed by atoms with Crippen LogP contribution in [0.3, 0.4) is 0 Å². The van der Waals surface area contributed by atoms with E-state index >= 15 is 0 Å². The summed E-state index contributed by atoms with van der Waals surface area (Å²) in [6, 6.07) is 5.91. The summed E-state index contributed by atoms with van der Waals surface area (Å²) in [4.78, 5) is 30.1. The number of benzene rings is 1. The second kappa shape index (κ2) is 10.8. The lowest BCUT2D eigenvalue weighted by molar-refractivity contribution is -0.116. The van der Waals surface area contributed by atoms with E-state index in [4.69, 9.17) is 0 Å².